The third-order valence-electron chi connectivity index (χ3n) is 5.15. The third kappa shape index (κ3) is 2.12. The van der Waals surface area contributed by atoms with Gasteiger partial charge in [-0.25, -0.2) is 4.99 Å². The Balaban J connectivity index is 1.77. The maximum absolute atomic E-state index is 5.03. The van der Waals surface area contributed by atoms with Gasteiger partial charge in [-0.15, -0.1) is 10.5 Å². The molecule has 0 aromatic heterocycles. The second-order valence-electron chi connectivity index (χ2n) is 6.64. The van der Waals surface area contributed by atoms with Crippen LogP contribution in [0, 0.1) is 4.51 Å². The summed E-state index contributed by atoms with van der Waals surface area (Å²) in [7, 11) is 0.0901. The number of nitrogens with one attached hydrogen (secondary N) is 2. The lowest BCUT2D eigenvalue weighted by Gasteiger charge is -2.23. The average molecular weight is 323 g/mol. The summed E-state index contributed by atoms with van der Waals surface area (Å²) in [5, 5.41) is 8.30. The monoisotopic (exact) mass is 323 g/mol. The molecule has 2 aromatic carbocycles. The number of rotatable bonds is 0. The van der Waals surface area contributed by atoms with Gasteiger partial charge in [0.2, 0.25) is 0 Å². The smallest absolute Gasteiger partial charge is 0.0772 e. The molecule has 23 heavy (non-hydrogen) atoms. The Bertz CT molecular complexity index is 946. The first-order valence-corrected chi connectivity index (χ1v) is 10.1. The Morgan fingerprint density at radius 3 is 2.39 bits per heavy atom. The molecule has 0 aliphatic carbocycles. The lowest BCUT2D eigenvalue weighted by atomic mass is 10.0. The van der Waals surface area contributed by atoms with E-state index in [9.17, 15) is 0 Å². The van der Waals surface area contributed by atoms with Gasteiger partial charge in [0.25, 0.3) is 0 Å². The van der Waals surface area contributed by atoms with E-state index in [2.05, 4.69) is 41.2 Å². The van der Waals surface area contributed by atoms with Crippen LogP contribution < -0.4 is 16.0 Å². The molecule has 0 fully saturated rings. The summed E-state index contributed by atoms with van der Waals surface area (Å²) in [6, 6.07) is 9.35. The molecule has 0 amide bonds. The van der Waals surface area contributed by atoms with Gasteiger partial charge in [-0.3, -0.25) is 0 Å². The molecule has 0 saturated carbocycles. The van der Waals surface area contributed by atoms with Gasteiger partial charge in [0, 0.05) is 33.9 Å². The molecule has 3 nitrogen and oxygen atoms in total. The minimum absolute atomic E-state index is 0.0901. The van der Waals surface area contributed by atoms with E-state index >= 15 is 0 Å². The Kier molecular flexibility index (Phi) is 3.02. The van der Waals surface area contributed by atoms with E-state index in [4.69, 9.17) is 4.99 Å². The van der Waals surface area contributed by atoms with E-state index in [1.165, 1.54) is 68.6 Å². The first-order valence-electron chi connectivity index (χ1n) is 8.49. The molecule has 118 valence electrons. The molecule has 2 N–H and O–H groups in total. The number of hydrogen-bond acceptors (Lipinski definition) is 3. The van der Waals surface area contributed by atoms with E-state index in [0.717, 1.165) is 13.1 Å². The van der Waals surface area contributed by atoms with Gasteiger partial charge in [-0.1, -0.05) is 0 Å². The molecule has 0 radical (unpaired) electrons. The van der Waals surface area contributed by atoms with Crippen molar-refractivity contribution in [2.45, 2.75) is 30.6 Å². The molecule has 1 unspecified atom stereocenters. The van der Waals surface area contributed by atoms with Crippen LogP contribution in [0.5, 0.6) is 0 Å². The first kappa shape index (κ1) is 13.6. The molecule has 3 heterocycles. The van der Waals surface area contributed by atoms with Crippen LogP contribution in [0.2, 0.25) is 0 Å². The van der Waals surface area contributed by atoms with E-state index < -0.39 is 0 Å². The fraction of sp³-hybridized carbons (Fsp3) is 0.368. The van der Waals surface area contributed by atoms with Gasteiger partial charge in [0.1, 0.15) is 0 Å². The van der Waals surface area contributed by atoms with Crippen molar-refractivity contribution in [2.75, 3.05) is 30.0 Å². The van der Waals surface area contributed by atoms with E-state index in [1.807, 2.05) is 0 Å². The number of benzene rings is 2. The Morgan fingerprint density at radius 2 is 1.61 bits per heavy atom. The standard InChI is InChI=1S/C19H21N3S/c1-23-18-10-14-12(4-2-6-20-14)8-16(18)22-17-9-13-5-3-7-21-15(13)11-19(17)23/h8-11,20-21H,2-7H2,1H3. The van der Waals surface area contributed by atoms with Gasteiger partial charge >= 0.3 is 0 Å². The highest BCUT2D eigenvalue weighted by Gasteiger charge is 2.18. The summed E-state index contributed by atoms with van der Waals surface area (Å²) in [6.07, 6.45) is 7.13. The van der Waals surface area contributed by atoms with Crippen molar-refractivity contribution >= 4 is 27.5 Å². The fourth-order valence-corrected chi connectivity index (χ4v) is 5.55. The van der Waals surface area contributed by atoms with Crippen LogP contribution in [-0.2, 0) is 12.8 Å². The minimum atomic E-state index is 0.0901. The van der Waals surface area contributed by atoms with Crippen molar-refractivity contribution in [2.24, 2.45) is 4.99 Å². The molecule has 0 saturated heterocycles. The van der Waals surface area contributed by atoms with Crippen LogP contribution in [0.25, 0.3) is 0 Å². The number of nitrogens with zero attached hydrogens (tertiary/aromatic N) is 1. The maximum atomic E-state index is 5.03. The maximum Gasteiger partial charge on any atom is 0.0772 e. The van der Waals surface area contributed by atoms with Gasteiger partial charge in [-0.05, 0) is 67.3 Å². The topological polar surface area (TPSA) is 36.4 Å². The summed E-state index contributed by atoms with van der Waals surface area (Å²) in [5.74, 6) is 0. The highest BCUT2D eigenvalue weighted by molar-refractivity contribution is 8.09. The van der Waals surface area contributed by atoms with E-state index in [1.54, 1.807) is 0 Å². The molecule has 3 aliphatic rings. The molecule has 1 atom stereocenters. The Morgan fingerprint density at radius 1 is 0.913 bits per heavy atom. The van der Waals surface area contributed by atoms with Crippen molar-refractivity contribution in [3.63, 3.8) is 0 Å². The predicted octanol–water partition coefficient (Wildman–Crippen LogP) is 3.88. The largest absolute Gasteiger partial charge is 0.385 e. The number of aryl methyl sites for hydroxylation is 2. The van der Waals surface area contributed by atoms with Crippen LogP contribution in [0.15, 0.2) is 34.2 Å². The zero-order valence-corrected chi connectivity index (χ0v) is 14.2. The zero-order chi connectivity index (χ0) is 15.4. The Hall–Kier alpha value is -1.81. The highest BCUT2D eigenvalue weighted by Crippen LogP contribution is 2.41. The van der Waals surface area contributed by atoms with Crippen LogP contribution in [0.4, 0.5) is 17.1 Å². The minimum Gasteiger partial charge on any atom is -0.385 e. The summed E-state index contributed by atoms with van der Waals surface area (Å²) in [4.78, 5) is 6.42. The highest BCUT2D eigenvalue weighted by atomic mass is 32.2. The van der Waals surface area contributed by atoms with Crippen molar-refractivity contribution in [3.05, 3.63) is 45.3 Å². The molecule has 0 spiro atoms. The molecular formula is C19H21N3S. The van der Waals surface area contributed by atoms with Crippen molar-refractivity contribution in [1.29, 1.82) is 0 Å². The predicted molar refractivity (Wildman–Crippen MR) is 97.9 cm³/mol. The fourth-order valence-electron chi connectivity index (χ4n) is 3.88. The molecular weight excluding hydrogens is 302 g/mol. The first-order chi connectivity index (χ1) is 11.3. The zero-order valence-electron chi connectivity index (χ0n) is 13.4. The molecule has 0 bridgehead atoms. The van der Waals surface area contributed by atoms with Crippen LogP contribution in [-0.4, -0.2) is 19.3 Å². The number of anilines is 2. The van der Waals surface area contributed by atoms with E-state index in [0.29, 0.717) is 0 Å². The van der Waals surface area contributed by atoms with Crippen molar-refractivity contribution in [3.8, 4) is 0 Å². The number of hydrogen-bond donors (Lipinski definition) is 2. The van der Waals surface area contributed by atoms with Crippen LogP contribution in [0.3, 0.4) is 0 Å². The van der Waals surface area contributed by atoms with Gasteiger partial charge in [-0.2, -0.15) is 0 Å². The van der Waals surface area contributed by atoms with Gasteiger partial charge < -0.3 is 10.6 Å². The molecule has 5 rings (SSSR count). The summed E-state index contributed by atoms with van der Waals surface area (Å²) < 4.78 is 1.39. The summed E-state index contributed by atoms with van der Waals surface area (Å²) in [6.45, 7) is 2.18. The van der Waals surface area contributed by atoms with Gasteiger partial charge in [0.05, 0.1) is 11.0 Å². The second kappa shape index (κ2) is 5.10. The second-order valence-corrected chi connectivity index (χ2v) is 8.54. The molecule has 3 aliphatic heterocycles. The quantitative estimate of drug-likeness (QED) is 0.722. The SMILES string of the molecule is CS1=c2cc3c(cc2=Nc2cc4c(cc21)NCCC4)CCCN3. The normalized spacial score (nSPS) is 20.8. The summed E-state index contributed by atoms with van der Waals surface area (Å²) >= 11 is 0. The van der Waals surface area contributed by atoms with Crippen LogP contribution in [0.1, 0.15) is 24.0 Å². The van der Waals surface area contributed by atoms with Crippen molar-refractivity contribution < 1.29 is 0 Å². The van der Waals surface area contributed by atoms with Gasteiger partial charge in [0.15, 0.2) is 0 Å². The average Bonchev–Trinajstić information content (AvgIpc) is 2.59. The van der Waals surface area contributed by atoms with Crippen LogP contribution >= 0.6 is 10.5 Å². The van der Waals surface area contributed by atoms with Crippen molar-refractivity contribution in [1.82, 2.24) is 0 Å². The molecule has 2 aromatic rings. The van der Waals surface area contributed by atoms with E-state index in [-0.39, 0.29) is 10.5 Å². The Labute approximate surface area is 138 Å². The summed E-state index contributed by atoms with van der Waals surface area (Å²) in [5.41, 5.74) is 6.69. The lowest BCUT2D eigenvalue weighted by Crippen LogP contribution is -2.17. The number of fused-ring (bicyclic) bond motifs is 4. The molecule has 4 heteroatoms. The lowest BCUT2D eigenvalue weighted by molar-refractivity contribution is 0.826. The third-order valence-corrected chi connectivity index (χ3v) is 7.12.